The van der Waals surface area contributed by atoms with E-state index >= 15 is 0 Å². The second-order valence-corrected chi connectivity index (χ2v) is 16.5. The molecule has 3 amide bonds. The van der Waals surface area contributed by atoms with E-state index in [0.717, 1.165) is 36.9 Å². The van der Waals surface area contributed by atoms with Gasteiger partial charge in [0, 0.05) is 30.8 Å². The number of carbonyl (C=O) groups is 3. The molecule has 0 spiro atoms. The zero-order chi connectivity index (χ0) is 35.1. The number of para-hydroxylation sites is 1. The number of imidazole rings is 1. The second-order valence-electron chi connectivity index (χ2n) is 14.3. The molecule has 2 aliphatic heterocycles. The first-order valence-electron chi connectivity index (χ1n) is 17.7. The maximum atomic E-state index is 14.5. The van der Waals surface area contributed by atoms with Crippen molar-refractivity contribution in [3.05, 3.63) is 60.9 Å². The summed E-state index contributed by atoms with van der Waals surface area (Å²) < 4.78 is 35.9. The van der Waals surface area contributed by atoms with Crippen LogP contribution in [-0.2, 0) is 31.0 Å². The SMILES string of the molecule is CCn1c(O[C@@H]2C[C@H]3C(=O)N[C@]4(C(=O)NS(=O)(=O)C5(C)CC5)C[C@H]4/C=C\CCCCC[C@H](Nc4ccccc4)C(=O)N3C2)nc2cnccc21. The predicted molar refractivity (Wildman–Crippen MR) is 187 cm³/mol. The molecule has 3 N–H and O–H groups in total. The van der Waals surface area contributed by atoms with Crippen molar-refractivity contribution < 1.29 is 27.5 Å². The van der Waals surface area contributed by atoms with Crippen molar-refractivity contribution in [1.82, 2.24) is 29.5 Å². The summed E-state index contributed by atoms with van der Waals surface area (Å²) in [7, 11) is -3.94. The number of pyridine rings is 1. The minimum Gasteiger partial charge on any atom is -0.459 e. The Morgan fingerprint density at radius 1 is 1.12 bits per heavy atom. The zero-order valence-electron chi connectivity index (χ0n) is 28.5. The van der Waals surface area contributed by atoms with Crippen LogP contribution >= 0.6 is 0 Å². The number of aromatic nitrogens is 3. The Kier molecular flexibility index (Phi) is 9.08. The average Bonchev–Trinajstić information content (AvgIpc) is 3.93. The number of allylic oxidation sites excluding steroid dienone is 1. The fourth-order valence-electron chi connectivity index (χ4n) is 7.19. The molecule has 2 aromatic heterocycles. The summed E-state index contributed by atoms with van der Waals surface area (Å²) in [6, 6.07) is 10.2. The number of sulfonamides is 1. The highest BCUT2D eigenvalue weighted by Gasteiger charge is 2.63. The molecule has 1 aromatic carbocycles. The van der Waals surface area contributed by atoms with Crippen LogP contribution in [0, 0.1) is 5.92 Å². The molecule has 2 aliphatic carbocycles. The number of hydrogen-bond donors (Lipinski definition) is 3. The quantitative estimate of drug-likeness (QED) is 0.297. The van der Waals surface area contributed by atoms with Crippen LogP contribution < -0.4 is 20.1 Å². The van der Waals surface area contributed by atoms with Gasteiger partial charge < -0.3 is 20.3 Å². The largest absolute Gasteiger partial charge is 0.459 e. The molecule has 3 aromatic rings. The van der Waals surface area contributed by atoms with Crippen molar-refractivity contribution in [2.24, 2.45) is 5.92 Å². The smallest absolute Gasteiger partial charge is 0.297 e. The molecule has 13 nitrogen and oxygen atoms in total. The Hall–Kier alpha value is -4.46. The monoisotopic (exact) mass is 703 g/mol. The van der Waals surface area contributed by atoms with Crippen LogP contribution in [0.3, 0.4) is 0 Å². The summed E-state index contributed by atoms with van der Waals surface area (Å²) in [4.78, 5) is 53.1. The lowest BCUT2D eigenvalue weighted by atomic mass is 10.0. The van der Waals surface area contributed by atoms with Crippen LogP contribution in [0.15, 0.2) is 60.9 Å². The third-order valence-electron chi connectivity index (χ3n) is 10.7. The van der Waals surface area contributed by atoms with Gasteiger partial charge in [0.1, 0.15) is 29.2 Å². The molecule has 1 saturated heterocycles. The Bertz CT molecular complexity index is 1910. The van der Waals surface area contributed by atoms with E-state index in [2.05, 4.69) is 25.3 Å². The molecule has 4 heterocycles. The van der Waals surface area contributed by atoms with Crippen molar-refractivity contribution >= 4 is 44.5 Å². The van der Waals surface area contributed by atoms with E-state index in [1.54, 1.807) is 24.2 Å². The number of benzene rings is 1. The molecule has 266 valence electrons. The standard InChI is InChI=1S/C36H45N7O6S/c1-3-42-29-16-19-37-22-28(29)39-34(42)49-26-20-30-31(44)40-36(33(46)41-50(47,48)35(2)17-18-35)21-24(36)12-8-5-4-6-11-15-27(32(45)43(30)23-26)38-25-13-9-7-10-14-25/h7-10,12-14,16,19,22,24,26-27,30,38H,3-6,11,15,17-18,20-21,23H2,1-2H3,(H,40,44)(H,41,46)/b12-8-/t24-,26-,27+,30+,36-/m1/s1. The number of amides is 3. The molecule has 7 rings (SSSR count). The summed E-state index contributed by atoms with van der Waals surface area (Å²) in [6.07, 6.45) is 12.0. The van der Waals surface area contributed by atoms with Gasteiger partial charge in [-0.15, -0.1) is 0 Å². The number of ether oxygens (including phenoxy) is 1. The van der Waals surface area contributed by atoms with E-state index in [9.17, 15) is 22.8 Å². The fraction of sp³-hybridized carbons (Fsp3) is 0.528. The van der Waals surface area contributed by atoms with Gasteiger partial charge in [-0.25, -0.2) is 8.42 Å². The van der Waals surface area contributed by atoms with Crippen molar-refractivity contribution in [2.45, 2.75) is 107 Å². The molecule has 3 fully saturated rings. The van der Waals surface area contributed by atoms with Gasteiger partial charge in [0.2, 0.25) is 21.8 Å². The maximum absolute atomic E-state index is 14.5. The first-order chi connectivity index (χ1) is 24.0. The number of hydrogen-bond acceptors (Lipinski definition) is 9. The van der Waals surface area contributed by atoms with Gasteiger partial charge in [-0.3, -0.25) is 28.7 Å². The molecule has 0 radical (unpaired) electrons. The molecule has 50 heavy (non-hydrogen) atoms. The van der Waals surface area contributed by atoms with Crippen LogP contribution in [0.1, 0.15) is 71.6 Å². The normalized spacial score (nSPS) is 28.7. The minimum atomic E-state index is -3.94. The molecular formula is C36H45N7O6S. The fourth-order valence-corrected chi connectivity index (χ4v) is 8.50. The van der Waals surface area contributed by atoms with Crippen molar-refractivity contribution in [3.63, 3.8) is 0 Å². The number of aryl methyl sites for hydroxylation is 1. The molecule has 14 heteroatoms. The third kappa shape index (κ3) is 6.57. The second kappa shape index (κ2) is 13.3. The molecular weight excluding hydrogens is 659 g/mol. The van der Waals surface area contributed by atoms with E-state index in [0.29, 0.717) is 37.3 Å². The van der Waals surface area contributed by atoms with Gasteiger partial charge >= 0.3 is 0 Å². The van der Waals surface area contributed by atoms with Gasteiger partial charge in [-0.05, 0) is 70.6 Å². The number of nitrogens with zero attached hydrogens (tertiary/aromatic N) is 4. The Labute approximate surface area is 292 Å². The highest BCUT2D eigenvalue weighted by atomic mass is 32.2. The van der Waals surface area contributed by atoms with Gasteiger partial charge in [0.05, 0.1) is 23.0 Å². The summed E-state index contributed by atoms with van der Waals surface area (Å²) in [6.45, 7) is 4.32. The zero-order valence-corrected chi connectivity index (χ0v) is 29.3. The summed E-state index contributed by atoms with van der Waals surface area (Å²) >= 11 is 0. The van der Waals surface area contributed by atoms with Crippen LogP contribution in [0.4, 0.5) is 5.69 Å². The minimum absolute atomic E-state index is 0.129. The van der Waals surface area contributed by atoms with Gasteiger partial charge in [-0.1, -0.05) is 43.2 Å². The maximum Gasteiger partial charge on any atom is 0.297 e. The Balaban J connectivity index is 1.20. The molecule has 2 saturated carbocycles. The van der Waals surface area contributed by atoms with Gasteiger partial charge in [0.25, 0.3) is 11.9 Å². The van der Waals surface area contributed by atoms with E-state index in [1.165, 1.54) is 0 Å². The van der Waals surface area contributed by atoms with E-state index in [4.69, 9.17) is 4.74 Å². The van der Waals surface area contributed by atoms with E-state index in [1.807, 2.05) is 60.0 Å². The van der Waals surface area contributed by atoms with Crippen LogP contribution in [0.2, 0.25) is 0 Å². The molecule has 5 atom stereocenters. The van der Waals surface area contributed by atoms with Crippen molar-refractivity contribution in [3.8, 4) is 6.01 Å². The van der Waals surface area contributed by atoms with E-state index in [-0.39, 0.29) is 31.2 Å². The molecule has 0 bridgehead atoms. The van der Waals surface area contributed by atoms with Crippen LogP contribution in [0.25, 0.3) is 11.0 Å². The lowest BCUT2D eigenvalue weighted by molar-refractivity contribution is -0.140. The number of carbonyl (C=O) groups excluding carboxylic acids is 3. The van der Waals surface area contributed by atoms with Crippen molar-refractivity contribution in [2.75, 3.05) is 11.9 Å². The van der Waals surface area contributed by atoms with Crippen LogP contribution in [-0.4, -0.2) is 80.6 Å². The topological polar surface area (TPSA) is 165 Å². The third-order valence-corrected chi connectivity index (χ3v) is 12.9. The number of rotatable bonds is 8. The lowest BCUT2D eigenvalue weighted by Gasteiger charge is -2.30. The molecule has 0 unspecified atom stereocenters. The number of fused-ring (bicyclic) bond motifs is 3. The van der Waals surface area contributed by atoms with Gasteiger partial charge in [-0.2, -0.15) is 4.98 Å². The number of anilines is 1. The Morgan fingerprint density at radius 3 is 2.68 bits per heavy atom. The lowest BCUT2D eigenvalue weighted by Crippen LogP contribution is -2.58. The Morgan fingerprint density at radius 2 is 1.92 bits per heavy atom. The van der Waals surface area contributed by atoms with Crippen molar-refractivity contribution in [1.29, 1.82) is 0 Å². The molecule has 4 aliphatic rings. The number of nitrogens with one attached hydrogen (secondary N) is 3. The summed E-state index contributed by atoms with van der Waals surface area (Å²) in [5.74, 6) is -1.87. The first kappa shape index (κ1) is 34.0. The summed E-state index contributed by atoms with van der Waals surface area (Å²) in [5.41, 5.74) is 0.896. The first-order valence-corrected chi connectivity index (χ1v) is 19.2. The van der Waals surface area contributed by atoms with Crippen LogP contribution in [0.5, 0.6) is 6.01 Å². The van der Waals surface area contributed by atoms with Gasteiger partial charge in [0.15, 0.2) is 0 Å². The predicted octanol–water partition coefficient (Wildman–Crippen LogP) is 3.67. The van der Waals surface area contributed by atoms with E-state index < -0.39 is 50.3 Å². The summed E-state index contributed by atoms with van der Waals surface area (Å²) in [5, 5.41) is 6.36. The highest BCUT2D eigenvalue weighted by Crippen LogP contribution is 2.47. The average molecular weight is 704 g/mol. The highest BCUT2D eigenvalue weighted by molar-refractivity contribution is 7.91.